The van der Waals surface area contributed by atoms with E-state index in [9.17, 15) is 0 Å². The summed E-state index contributed by atoms with van der Waals surface area (Å²) in [5.41, 5.74) is 13.5. The van der Waals surface area contributed by atoms with Crippen LogP contribution in [-0.4, -0.2) is 8.07 Å². The van der Waals surface area contributed by atoms with Crippen molar-refractivity contribution in [2.24, 2.45) is 0 Å². The van der Waals surface area contributed by atoms with Gasteiger partial charge in [0.25, 0.3) is 0 Å². The Kier molecular flexibility index (Phi) is 7.68. The second kappa shape index (κ2) is 13.0. The molecule has 2 aliphatic heterocycles. The summed E-state index contributed by atoms with van der Waals surface area (Å²) in [6.45, 7) is 11.5. The maximum atomic E-state index is 2.57. The molecule has 0 N–H and O–H groups in total. The molecule has 0 radical (unpaired) electrons. The number of rotatable bonds is 2. The van der Waals surface area contributed by atoms with Crippen LogP contribution in [0.4, 0.5) is 34.1 Å². The van der Waals surface area contributed by atoms with Crippen molar-refractivity contribution in [3.63, 3.8) is 0 Å². The Balaban J connectivity index is 1.30. The van der Waals surface area contributed by atoms with Crippen LogP contribution >= 0.6 is 0 Å². The molecule has 0 saturated heterocycles. The number of fused-ring (bicyclic) bond motifs is 15. The van der Waals surface area contributed by atoms with E-state index < -0.39 is 8.07 Å². The van der Waals surface area contributed by atoms with E-state index in [1.165, 1.54) is 104 Å². The van der Waals surface area contributed by atoms with E-state index in [0.717, 1.165) is 11.4 Å². The highest BCUT2D eigenvalue weighted by atomic mass is 28.3. The molecule has 0 atom stereocenters. The third-order valence-electron chi connectivity index (χ3n) is 13.8. The van der Waals surface area contributed by atoms with E-state index in [4.69, 9.17) is 0 Å². The van der Waals surface area contributed by atoms with Gasteiger partial charge in [-0.15, -0.1) is 0 Å². The van der Waals surface area contributed by atoms with Gasteiger partial charge in [0.2, 0.25) is 0 Å². The van der Waals surface area contributed by atoms with Crippen molar-refractivity contribution >= 4 is 95.3 Å². The zero-order valence-corrected chi connectivity index (χ0v) is 36.3. The van der Waals surface area contributed by atoms with Gasteiger partial charge in [0.1, 0.15) is 0 Å². The molecule has 12 rings (SSSR count). The smallest absolute Gasteiger partial charge is 0.181 e. The number of hydrogen-bond donors (Lipinski definition) is 0. The Morgan fingerprint density at radius 1 is 0.393 bits per heavy atom. The van der Waals surface area contributed by atoms with E-state index in [1.54, 1.807) is 0 Å². The molecule has 0 saturated carbocycles. The Morgan fingerprint density at radius 3 is 1.33 bits per heavy atom. The fourth-order valence-electron chi connectivity index (χ4n) is 10.9. The van der Waals surface area contributed by atoms with Crippen LogP contribution in [0.25, 0.3) is 43.4 Å². The molecule has 0 unspecified atom stereocenters. The molecule has 0 fully saturated rings. The quantitative estimate of drug-likeness (QED) is 0.127. The van der Waals surface area contributed by atoms with Crippen molar-refractivity contribution < 1.29 is 0 Å². The SMILES string of the molecule is Cc1ccccc1N1c2cccc(c2)[Si]2(c3cccc(c3)N(c3ccccc3C)c3cc1c1ccc4cc(C(C)(C)C)cc5ccc3c1c45)c1ccccc1-c1ccccc12. The molecule has 10 aromatic carbocycles. The summed E-state index contributed by atoms with van der Waals surface area (Å²) in [6.07, 6.45) is 0. The highest BCUT2D eigenvalue weighted by Crippen LogP contribution is 2.51. The van der Waals surface area contributed by atoms with E-state index in [0.29, 0.717) is 0 Å². The van der Waals surface area contributed by atoms with Crippen LogP contribution in [0.1, 0.15) is 37.5 Å². The largest absolute Gasteiger partial charge is 0.310 e. The number of para-hydroxylation sites is 2. The first-order valence-corrected chi connectivity index (χ1v) is 23.6. The standard InChI is InChI=1S/C58H46N2Si/c1-37-16-6-10-24-50(37)59-42-18-14-20-44(34-42)61(54-26-12-8-22-46(54)47-23-9-13-27-55(47)61)45-21-15-19-43(35-45)60(51-25-11-7-17-38(51)2)53-36-52(59)48-30-28-39-32-41(58(3,4)5)33-40-29-31-49(53)57(48)56(39)40/h6-36H,1-5H3. The Labute approximate surface area is 359 Å². The van der Waals surface area contributed by atoms with Crippen LogP contribution in [0.15, 0.2) is 188 Å². The van der Waals surface area contributed by atoms with Crippen molar-refractivity contribution in [2.45, 2.75) is 40.0 Å². The fraction of sp³-hybridized carbons (Fsp3) is 0.103. The maximum Gasteiger partial charge on any atom is 0.181 e. The Morgan fingerprint density at radius 2 is 0.852 bits per heavy atom. The van der Waals surface area contributed by atoms with Crippen molar-refractivity contribution in [2.75, 3.05) is 9.80 Å². The van der Waals surface area contributed by atoms with Crippen LogP contribution in [0.3, 0.4) is 0 Å². The second-order valence-electron chi connectivity index (χ2n) is 18.2. The van der Waals surface area contributed by atoms with Crippen LogP contribution in [0.2, 0.25) is 0 Å². The molecule has 3 heteroatoms. The number of nitrogens with zero attached hydrogens (tertiary/aromatic N) is 2. The zero-order valence-electron chi connectivity index (χ0n) is 35.3. The normalized spacial score (nSPS) is 14.0. The third kappa shape index (κ3) is 5.08. The van der Waals surface area contributed by atoms with Gasteiger partial charge in [-0.25, -0.2) is 0 Å². The first kappa shape index (κ1) is 36.0. The van der Waals surface area contributed by atoms with Crippen molar-refractivity contribution in [3.8, 4) is 11.1 Å². The van der Waals surface area contributed by atoms with Gasteiger partial charge < -0.3 is 9.80 Å². The lowest BCUT2D eigenvalue weighted by Gasteiger charge is -2.37. The van der Waals surface area contributed by atoms with Crippen molar-refractivity contribution in [3.05, 3.63) is 205 Å². The topological polar surface area (TPSA) is 6.48 Å². The van der Waals surface area contributed by atoms with E-state index >= 15 is 0 Å². The van der Waals surface area contributed by atoms with Gasteiger partial charge in [-0.05, 0) is 126 Å². The van der Waals surface area contributed by atoms with Crippen LogP contribution < -0.4 is 30.5 Å². The molecule has 2 heterocycles. The minimum atomic E-state index is -2.88. The maximum absolute atomic E-state index is 2.88. The predicted octanol–water partition coefficient (Wildman–Crippen LogP) is 13.1. The van der Waals surface area contributed by atoms with E-state index in [2.05, 4.69) is 232 Å². The molecule has 2 nitrogen and oxygen atoms in total. The van der Waals surface area contributed by atoms with Gasteiger partial charge in [0, 0.05) is 38.9 Å². The Hall–Kier alpha value is -6.94. The molecule has 0 amide bonds. The summed E-state index contributed by atoms with van der Waals surface area (Å²) >= 11 is 0. The highest BCUT2D eigenvalue weighted by molar-refractivity contribution is 7.22. The van der Waals surface area contributed by atoms with Crippen molar-refractivity contribution in [1.82, 2.24) is 0 Å². The molecule has 10 aromatic rings. The average Bonchev–Trinajstić information content (AvgIpc) is 3.58. The fourth-order valence-corrected chi connectivity index (χ4v) is 16.1. The lowest BCUT2D eigenvalue weighted by atomic mass is 9.83. The summed E-state index contributed by atoms with van der Waals surface area (Å²) < 4.78 is 0. The molecule has 0 aromatic heterocycles. The lowest BCUT2D eigenvalue weighted by Crippen LogP contribution is -2.72. The minimum absolute atomic E-state index is 0.0227. The van der Waals surface area contributed by atoms with Gasteiger partial charge in [-0.2, -0.15) is 0 Å². The first-order valence-electron chi connectivity index (χ1n) is 21.6. The summed E-state index contributed by atoms with van der Waals surface area (Å²) in [4.78, 5) is 5.13. The van der Waals surface area contributed by atoms with Crippen LogP contribution in [0, 0.1) is 13.8 Å². The molecule has 6 bridgehead atoms. The van der Waals surface area contributed by atoms with Crippen LogP contribution in [0.5, 0.6) is 0 Å². The number of aryl methyl sites for hydroxylation is 2. The predicted molar refractivity (Wildman–Crippen MR) is 264 cm³/mol. The highest BCUT2D eigenvalue weighted by Gasteiger charge is 2.49. The third-order valence-corrected chi connectivity index (χ3v) is 18.6. The first-order chi connectivity index (χ1) is 29.7. The lowest BCUT2D eigenvalue weighted by molar-refractivity contribution is 0.591. The molecular formula is C58H46N2Si. The zero-order chi connectivity index (χ0) is 41.2. The molecule has 0 aliphatic carbocycles. The van der Waals surface area contributed by atoms with Gasteiger partial charge in [-0.3, -0.25) is 0 Å². The number of anilines is 6. The monoisotopic (exact) mass is 798 g/mol. The van der Waals surface area contributed by atoms with Gasteiger partial charge in [0.15, 0.2) is 8.07 Å². The van der Waals surface area contributed by atoms with E-state index in [1.807, 2.05) is 0 Å². The molecular weight excluding hydrogens is 753 g/mol. The summed E-state index contributed by atoms with van der Waals surface area (Å²) in [6, 6.07) is 72.4. The second-order valence-corrected chi connectivity index (χ2v) is 22.0. The van der Waals surface area contributed by atoms with Gasteiger partial charge >= 0.3 is 0 Å². The minimum Gasteiger partial charge on any atom is -0.310 e. The molecule has 292 valence electrons. The molecule has 2 aliphatic rings. The summed E-state index contributed by atoms with van der Waals surface area (Å²) in [7, 11) is -2.88. The molecule has 1 spiro atoms. The average molecular weight is 799 g/mol. The number of benzene rings is 10. The number of hydrogen-bond acceptors (Lipinski definition) is 2. The summed E-state index contributed by atoms with van der Waals surface area (Å²) in [5.74, 6) is 0. The molecule has 61 heavy (non-hydrogen) atoms. The summed E-state index contributed by atoms with van der Waals surface area (Å²) in [5, 5.41) is 13.3. The van der Waals surface area contributed by atoms with E-state index in [-0.39, 0.29) is 5.41 Å². The van der Waals surface area contributed by atoms with Crippen LogP contribution in [-0.2, 0) is 5.41 Å². The van der Waals surface area contributed by atoms with Crippen molar-refractivity contribution in [1.29, 1.82) is 0 Å². The van der Waals surface area contributed by atoms with Gasteiger partial charge in [-0.1, -0.05) is 166 Å². The van der Waals surface area contributed by atoms with Gasteiger partial charge in [0.05, 0.1) is 11.4 Å². The Bertz CT molecular complexity index is 3200.